The van der Waals surface area contributed by atoms with E-state index in [1.54, 1.807) is 44.2 Å². The molecule has 7 nitrogen and oxygen atoms in total. The molecule has 0 heterocycles. The molecular weight excluding hydrogens is 497 g/mol. The number of halogens is 2. The van der Waals surface area contributed by atoms with Crippen molar-refractivity contribution in [3.8, 4) is 0 Å². The van der Waals surface area contributed by atoms with Crippen molar-refractivity contribution in [3.63, 3.8) is 0 Å². The number of carbonyl (C=O) groups is 2. The highest BCUT2D eigenvalue weighted by Gasteiger charge is 2.31. The molecule has 0 bridgehead atoms. The van der Waals surface area contributed by atoms with Gasteiger partial charge < -0.3 is 10.2 Å². The van der Waals surface area contributed by atoms with Crippen LogP contribution in [0.2, 0.25) is 10.0 Å². The number of carbonyl (C=O) groups excluding carboxylic acids is 2. The zero-order chi connectivity index (χ0) is 25.6. The van der Waals surface area contributed by atoms with E-state index in [2.05, 4.69) is 5.32 Å². The van der Waals surface area contributed by atoms with Crippen molar-refractivity contribution < 1.29 is 18.0 Å². The highest BCUT2D eigenvalue weighted by atomic mass is 35.5. The lowest BCUT2D eigenvalue weighted by molar-refractivity contribution is -0.139. The molecule has 0 radical (unpaired) electrons. The van der Waals surface area contributed by atoms with Gasteiger partial charge in [0.25, 0.3) is 0 Å². The number of amides is 2. The van der Waals surface area contributed by atoms with Crippen LogP contribution in [-0.2, 0) is 26.2 Å². The first kappa shape index (κ1) is 28.0. The maximum atomic E-state index is 13.6. The van der Waals surface area contributed by atoms with Crippen LogP contribution in [-0.4, -0.2) is 50.5 Å². The van der Waals surface area contributed by atoms with Gasteiger partial charge in [-0.1, -0.05) is 48.3 Å². The normalized spacial score (nSPS) is 12.2. The maximum Gasteiger partial charge on any atom is 0.244 e. The average molecular weight is 529 g/mol. The Balaban J connectivity index is 2.48. The third-order valence-corrected chi connectivity index (χ3v) is 7.25. The van der Waals surface area contributed by atoms with Gasteiger partial charge in [-0.05, 0) is 56.5 Å². The molecule has 0 spiro atoms. The number of aryl methyl sites for hydroxylation is 2. The summed E-state index contributed by atoms with van der Waals surface area (Å²) in [5.41, 5.74) is 2.45. The number of sulfonamides is 1. The van der Waals surface area contributed by atoms with E-state index in [0.717, 1.165) is 22.5 Å². The predicted octanol–water partition coefficient (Wildman–Crippen LogP) is 4.32. The number of anilines is 1. The lowest BCUT2D eigenvalue weighted by Crippen LogP contribution is -2.51. The first-order chi connectivity index (χ1) is 15.9. The Morgan fingerprint density at radius 2 is 1.71 bits per heavy atom. The van der Waals surface area contributed by atoms with E-state index in [1.807, 2.05) is 19.9 Å². The van der Waals surface area contributed by atoms with Crippen LogP contribution in [0.4, 0.5) is 5.69 Å². The summed E-state index contributed by atoms with van der Waals surface area (Å²) in [5.74, 6) is -0.905. The van der Waals surface area contributed by atoms with Crippen molar-refractivity contribution in [2.24, 2.45) is 0 Å². The number of benzene rings is 2. The van der Waals surface area contributed by atoms with E-state index in [0.29, 0.717) is 33.4 Å². The summed E-state index contributed by atoms with van der Waals surface area (Å²) in [4.78, 5) is 27.6. The quantitative estimate of drug-likeness (QED) is 0.498. The van der Waals surface area contributed by atoms with Crippen LogP contribution >= 0.6 is 23.2 Å². The molecule has 0 saturated heterocycles. The second kappa shape index (κ2) is 11.9. The van der Waals surface area contributed by atoms with Crippen LogP contribution in [0.25, 0.3) is 0 Å². The van der Waals surface area contributed by atoms with Gasteiger partial charge in [-0.2, -0.15) is 0 Å². The number of rotatable bonds is 10. The second-order valence-electron chi connectivity index (χ2n) is 8.25. The molecule has 2 amide bonds. The lowest BCUT2D eigenvalue weighted by atomic mass is 10.1. The molecule has 10 heteroatoms. The SMILES string of the molecule is CCCNC(=O)[C@@H](C)N(Cc1c(Cl)cccc1Cl)C(=O)CN(c1cc(C)ccc1C)S(C)(=O)=O. The topological polar surface area (TPSA) is 86.8 Å². The average Bonchev–Trinajstić information content (AvgIpc) is 2.76. The third kappa shape index (κ3) is 7.10. The van der Waals surface area contributed by atoms with Gasteiger partial charge in [0.05, 0.1) is 11.9 Å². The van der Waals surface area contributed by atoms with E-state index in [-0.39, 0.29) is 12.5 Å². The molecule has 1 N–H and O–H groups in total. The number of nitrogens with one attached hydrogen (secondary N) is 1. The highest BCUT2D eigenvalue weighted by molar-refractivity contribution is 7.92. The molecule has 186 valence electrons. The third-order valence-electron chi connectivity index (χ3n) is 5.42. The van der Waals surface area contributed by atoms with Crippen LogP contribution < -0.4 is 9.62 Å². The molecule has 2 aromatic carbocycles. The van der Waals surface area contributed by atoms with E-state index in [4.69, 9.17) is 23.2 Å². The Morgan fingerprint density at radius 1 is 1.09 bits per heavy atom. The number of hydrogen-bond acceptors (Lipinski definition) is 4. The van der Waals surface area contributed by atoms with Gasteiger partial charge in [0, 0.05) is 28.7 Å². The Hall–Kier alpha value is -2.29. The van der Waals surface area contributed by atoms with E-state index >= 15 is 0 Å². The molecule has 1 atom stereocenters. The van der Waals surface area contributed by atoms with Gasteiger partial charge in [0.15, 0.2) is 0 Å². The highest BCUT2D eigenvalue weighted by Crippen LogP contribution is 2.28. The van der Waals surface area contributed by atoms with Gasteiger partial charge >= 0.3 is 0 Å². The summed E-state index contributed by atoms with van der Waals surface area (Å²) in [7, 11) is -3.80. The Bertz CT molecular complexity index is 1130. The number of hydrogen-bond donors (Lipinski definition) is 1. The zero-order valence-corrected chi connectivity index (χ0v) is 22.4. The summed E-state index contributed by atoms with van der Waals surface area (Å²) < 4.78 is 26.5. The molecule has 0 aliphatic heterocycles. The van der Waals surface area contributed by atoms with Gasteiger partial charge in [0.1, 0.15) is 12.6 Å². The summed E-state index contributed by atoms with van der Waals surface area (Å²) in [6.07, 6.45) is 1.78. The lowest BCUT2D eigenvalue weighted by Gasteiger charge is -2.32. The van der Waals surface area contributed by atoms with Crippen molar-refractivity contribution in [3.05, 3.63) is 63.1 Å². The first-order valence-corrected chi connectivity index (χ1v) is 13.5. The minimum absolute atomic E-state index is 0.0531. The van der Waals surface area contributed by atoms with Crippen LogP contribution in [0, 0.1) is 13.8 Å². The summed E-state index contributed by atoms with van der Waals surface area (Å²) >= 11 is 12.7. The molecule has 2 rings (SSSR count). The fourth-order valence-corrected chi connectivity index (χ4v) is 4.83. The first-order valence-electron chi connectivity index (χ1n) is 10.9. The molecule has 0 aliphatic rings. The zero-order valence-electron chi connectivity index (χ0n) is 20.1. The second-order valence-corrected chi connectivity index (χ2v) is 11.0. The van der Waals surface area contributed by atoms with Crippen molar-refractivity contribution in [1.29, 1.82) is 0 Å². The Morgan fingerprint density at radius 3 is 2.26 bits per heavy atom. The fourth-order valence-electron chi connectivity index (χ4n) is 3.42. The standard InChI is InChI=1S/C24H31Cl2N3O4S/c1-6-12-27-24(31)18(4)28(14-19-20(25)8-7-9-21(19)26)23(30)15-29(34(5,32)33)22-13-16(2)10-11-17(22)3/h7-11,13,18H,6,12,14-15H2,1-5H3,(H,27,31)/t18-/m1/s1. The summed E-state index contributed by atoms with van der Waals surface area (Å²) in [6, 6.07) is 9.48. The fraction of sp³-hybridized carbons (Fsp3) is 0.417. The maximum absolute atomic E-state index is 13.6. The molecule has 2 aromatic rings. The Kier molecular flexibility index (Phi) is 9.79. The molecule has 0 aliphatic carbocycles. The van der Waals surface area contributed by atoms with Crippen LogP contribution in [0.15, 0.2) is 36.4 Å². The predicted molar refractivity (Wildman–Crippen MR) is 138 cm³/mol. The van der Waals surface area contributed by atoms with Gasteiger partial charge in [-0.25, -0.2) is 8.42 Å². The molecule has 0 aromatic heterocycles. The van der Waals surface area contributed by atoms with Crippen molar-refractivity contribution in [1.82, 2.24) is 10.2 Å². The monoisotopic (exact) mass is 527 g/mol. The van der Waals surface area contributed by atoms with Crippen LogP contribution in [0.3, 0.4) is 0 Å². The molecule has 0 unspecified atom stereocenters. The van der Waals surface area contributed by atoms with Crippen LogP contribution in [0.5, 0.6) is 0 Å². The van der Waals surface area contributed by atoms with E-state index in [1.165, 1.54) is 4.90 Å². The largest absolute Gasteiger partial charge is 0.354 e. The molecular formula is C24H31Cl2N3O4S. The van der Waals surface area contributed by atoms with Gasteiger partial charge in [-0.15, -0.1) is 0 Å². The van der Waals surface area contributed by atoms with Gasteiger partial charge in [-0.3, -0.25) is 13.9 Å². The van der Waals surface area contributed by atoms with E-state index < -0.39 is 28.5 Å². The molecule has 0 saturated carbocycles. The van der Waals surface area contributed by atoms with Crippen molar-refractivity contribution in [2.45, 2.75) is 46.7 Å². The van der Waals surface area contributed by atoms with Crippen molar-refractivity contribution in [2.75, 3.05) is 23.7 Å². The minimum Gasteiger partial charge on any atom is -0.354 e. The van der Waals surface area contributed by atoms with E-state index in [9.17, 15) is 18.0 Å². The minimum atomic E-state index is -3.80. The number of nitrogens with zero attached hydrogens (tertiary/aromatic N) is 2. The van der Waals surface area contributed by atoms with Gasteiger partial charge in [0.2, 0.25) is 21.8 Å². The summed E-state index contributed by atoms with van der Waals surface area (Å²) in [6.45, 7) is 7.06. The van der Waals surface area contributed by atoms with Crippen molar-refractivity contribution >= 4 is 50.7 Å². The summed E-state index contributed by atoms with van der Waals surface area (Å²) in [5, 5.41) is 3.48. The Labute approximate surface area is 212 Å². The smallest absolute Gasteiger partial charge is 0.244 e. The molecule has 0 fully saturated rings. The van der Waals surface area contributed by atoms with Crippen LogP contribution in [0.1, 0.15) is 37.0 Å². The molecule has 34 heavy (non-hydrogen) atoms.